The molecule has 230 valence electrons. The Morgan fingerprint density at radius 2 is 1.24 bits per heavy atom. The van der Waals surface area contributed by atoms with Crippen molar-refractivity contribution in [3.05, 3.63) is 163 Å². The van der Waals surface area contributed by atoms with E-state index in [0.29, 0.717) is 0 Å². The van der Waals surface area contributed by atoms with Gasteiger partial charge in [0, 0.05) is 38.1 Å². The molecule has 0 bridgehead atoms. The largest absolute Gasteiger partial charge is 0.455 e. The maximum Gasteiger partial charge on any atom is 0.201 e. The third-order valence-corrected chi connectivity index (χ3v) is 10.0. The second-order valence-corrected chi connectivity index (χ2v) is 12.8. The lowest BCUT2D eigenvalue weighted by molar-refractivity contribution is 0.577. The van der Waals surface area contributed by atoms with Crippen LogP contribution < -0.4 is 5.32 Å². The van der Waals surface area contributed by atoms with Gasteiger partial charge in [-0.2, -0.15) is 0 Å². The van der Waals surface area contributed by atoms with Crippen LogP contribution in [0.1, 0.15) is 17.6 Å². The van der Waals surface area contributed by atoms with Crippen LogP contribution in [0.25, 0.3) is 76.6 Å². The van der Waals surface area contributed by atoms with E-state index in [2.05, 4.69) is 143 Å². The lowest BCUT2D eigenvalue weighted by Crippen LogP contribution is -2.24. The molecule has 1 aliphatic heterocycles. The zero-order chi connectivity index (χ0) is 32.1. The average Bonchev–Trinajstić information content (AvgIpc) is 3.83. The van der Waals surface area contributed by atoms with E-state index in [4.69, 9.17) is 13.8 Å². The number of para-hydroxylation sites is 3. The molecule has 7 aromatic carbocycles. The van der Waals surface area contributed by atoms with Crippen molar-refractivity contribution in [3.8, 4) is 11.1 Å². The van der Waals surface area contributed by atoms with Crippen LogP contribution in [0, 0.1) is 0 Å². The first-order valence-electron chi connectivity index (χ1n) is 16.6. The predicted molar refractivity (Wildman–Crippen MR) is 201 cm³/mol. The summed E-state index contributed by atoms with van der Waals surface area (Å²) < 4.78 is 15.4. The van der Waals surface area contributed by atoms with Crippen LogP contribution in [0.2, 0.25) is 0 Å². The van der Waals surface area contributed by atoms with Crippen molar-refractivity contribution in [2.45, 2.75) is 6.29 Å². The Bertz CT molecular complexity index is 2980. The van der Waals surface area contributed by atoms with Crippen LogP contribution in [0.3, 0.4) is 0 Å². The van der Waals surface area contributed by atoms with Gasteiger partial charge in [-0.15, -0.1) is 0 Å². The first-order chi connectivity index (χ1) is 24.3. The van der Waals surface area contributed by atoms with Crippen molar-refractivity contribution < 1.29 is 8.83 Å². The van der Waals surface area contributed by atoms with Gasteiger partial charge in [0.2, 0.25) is 6.29 Å². The SMILES string of the molecule is c1ccc(C2=NC(n3c4ccccc4c4cc5ccccc5cc43)Nc3c2oc2ccc(-c4cccc5c4oc4ccccc45)cc32)cc1. The van der Waals surface area contributed by atoms with E-state index in [-0.39, 0.29) is 0 Å². The quantitative estimate of drug-likeness (QED) is 0.212. The number of hydrogen-bond acceptors (Lipinski definition) is 4. The van der Waals surface area contributed by atoms with Gasteiger partial charge >= 0.3 is 0 Å². The first-order valence-corrected chi connectivity index (χ1v) is 16.6. The van der Waals surface area contributed by atoms with Crippen molar-refractivity contribution in [2.24, 2.45) is 4.99 Å². The summed E-state index contributed by atoms with van der Waals surface area (Å²) in [4.78, 5) is 5.42. The Morgan fingerprint density at radius 3 is 2.14 bits per heavy atom. The number of aliphatic imine (C=N–C) groups is 1. The fourth-order valence-corrected chi connectivity index (χ4v) is 7.76. The molecule has 5 heteroatoms. The summed E-state index contributed by atoms with van der Waals surface area (Å²) in [5, 5.41) is 11.9. The van der Waals surface area contributed by atoms with Crippen LogP contribution in [0.5, 0.6) is 0 Å². The Labute approximate surface area is 280 Å². The molecule has 1 N–H and O–H groups in total. The second kappa shape index (κ2) is 9.96. The van der Waals surface area contributed by atoms with Crippen molar-refractivity contribution in [1.29, 1.82) is 0 Å². The van der Waals surface area contributed by atoms with Gasteiger partial charge < -0.3 is 18.7 Å². The number of furan rings is 2. The molecule has 11 rings (SSSR count). The molecule has 1 atom stereocenters. The number of nitrogens with one attached hydrogen (secondary N) is 1. The molecule has 0 radical (unpaired) electrons. The summed E-state index contributed by atoms with van der Waals surface area (Å²) in [6.07, 6.45) is -0.422. The summed E-state index contributed by atoms with van der Waals surface area (Å²) in [5.41, 5.74) is 9.69. The summed E-state index contributed by atoms with van der Waals surface area (Å²) in [5.74, 6) is 0.739. The maximum atomic E-state index is 6.66. The van der Waals surface area contributed by atoms with E-state index in [1.807, 2.05) is 18.2 Å². The summed E-state index contributed by atoms with van der Waals surface area (Å²) in [6, 6.07) is 53.1. The van der Waals surface area contributed by atoms with E-state index in [0.717, 1.165) is 77.8 Å². The number of fused-ring (bicyclic) bond motifs is 10. The molecule has 5 nitrogen and oxygen atoms in total. The molecule has 4 heterocycles. The Hall–Kier alpha value is -6.59. The van der Waals surface area contributed by atoms with Gasteiger partial charge in [0.1, 0.15) is 22.5 Å². The first kappa shape index (κ1) is 26.5. The van der Waals surface area contributed by atoms with Gasteiger partial charge in [-0.25, -0.2) is 4.99 Å². The summed E-state index contributed by atoms with van der Waals surface area (Å²) >= 11 is 0. The standard InChI is InChI=1S/C44H27N3O2/c1-2-11-26(12-3-1)40-43-41(35-24-29(21-22-39(35)49-43)30-17-10-18-33-32-16-7-9-20-38(32)48-42(30)33)46-44(45-40)47-36-19-8-6-15-31(36)34-23-27-13-4-5-14-28(27)25-37(34)47/h1-25,44,46H. The van der Waals surface area contributed by atoms with Gasteiger partial charge in [0.15, 0.2) is 5.76 Å². The molecule has 0 aliphatic carbocycles. The number of rotatable bonds is 3. The zero-order valence-electron chi connectivity index (χ0n) is 26.2. The maximum absolute atomic E-state index is 6.66. The molecule has 0 saturated heterocycles. The molecular weight excluding hydrogens is 603 g/mol. The number of hydrogen-bond donors (Lipinski definition) is 1. The minimum Gasteiger partial charge on any atom is -0.455 e. The van der Waals surface area contributed by atoms with Crippen LogP contribution in [0.4, 0.5) is 5.69 Å². The monoisotopic (exact) mass is 629 g/mol. The number of anilines is 1. The topological polar surface area (TPSA) is 55.6 Å². The third-order valence-electron chi connectivity index (χ3n) is 10.0. The molecule has 0 fully saturated rings. The van der Waals surface area contributed by atoms with Crippen molar-refractivity contribution >= 4 is 76.9 Å². The molecule has 3 aromatic heterocycles. The Morgan fingerprint density at radius 1 is 0.510 bits per heavy atom. The van der Waals surface area contributed by atoms with Gasteiger partial charge in [-0.05, 0) is 52.7 Å². The number of aromatic nitrogens is 1. The highest BCUT2D eigenvalue weighted by molar-refractivity contribution is 6.20. The van der Waals surface area contributed by atoms with E-state index in [1.165, 1.54) is 21.5 Å². The Kier molecular flexibility index (Phi) is 5.38. The second-order valence-electron chi connectivity index (χ2n) is 12.8. The van der Waals surface area contributed by atoms with E-state index >= 15 is 0 Å². The summed E-state index contributed by atoms with van der Waals surface area (Å²) in [6.45, 7) is 0. The molecule has 0 amide bonds. The van der Waals surface area contributed by atoms with Gasteiger partial charge in [0.25, 0.3) is 0 Å². The highest BCUT2D eigenvalue weighted by atomic mass is 16.3. The molecule has 49 heavy (non-hydrogen) atoms. The average molecular weight is 630 g/mol. The lowest BCUT2D eigenvalue weighted by Gasteiger charge is -2.25. The van der Waals surface area contributed by atoms with Gasteiger partial charge in [-0.1, -0.05) is 115 Å². The lowest BCUT2D eigenvalue weighted by atomic mass is 10.00. The fraction of sp³-hybridized carbons (Fsp3) is 0.0227. The summed E-state index contributed by atoms with van der Waals surface area (Å²) in [7, 11) is 0. The van der Waals surface area contributed by atoms with Crippen LogP contribution in [0.15, 0.2) is 165 Å². The normalized spacial score (nSPS) is 14.6. The molecule has 10 aromatic rings. The number of nitrogens with zero attached hydrogens (tertiary/aromatic N) is 2. The minimum absolute atomic E-state index is 0.422. The highest BCUT2D eigenvalue weighted by Crippen LogP contribution is 2.44. The molecule has 0 saturated carbocycles. The predicted octanol–water partition coefficient (Wildman–Crippen LogP) is 11.7. The molecule has 0 spiro atoms. The van der Waals surface area contributed by atoms with Gasteiger partial charge in [-0.3, -0.25) is 0 Å². The molecular formula is C44H27N3O2. The van der Waals surface area contributed by atoms with Crippen LogP contribution >= 0.6 is 0 Å². The van der Waals surface area contributed by atoms with E-state index in [1.54, 1.807) is 0 Å². The highest BCUT2D eigenvalue weighted by Gasteiger charge is 2.30. The van der Waals surface area contributed by atoms with Crippen molar-refractivity contribution in [1.82, 2.24) is 4.57 Å². The van der Waals surface area contributed by atoms with Crippen LogP contribution in [-0.2, 0) is 0 Å². The van der Waals surface area contributed by atoms with Gasteiger partial charge in [0.05, 0.1) is 16.7 Å². The zero-order valence-corrected chi connectivity index (χ0v) is 26.2. The van der Waals surface area contributed by atoms with Crippen molar-refractivity contribution in [2.75, 3.05) is 5.32 Å². The minimum atomic E-state index is -0.422. The Balaban J connectivity index is 1.15. The van der Waals surface area contributed by atoms with E-state index in [9.17, 15) is 0 Å². The third kappa shape index (κ3) is 3.84. The number of benzene rings is 7. The van der Waals surface area contributed by atoms with Crippen molar-refractivity contribution in [3.63, 3.8) is 0 Å². The fourth-order valence-electron chi connectivity index (χ4n) is 7.76. The smallest absolute Gasteiger partial charge is 0.201 e. The van der Waals surface area contributed by atoms with E-state index < -0.39 is 6.29 Å². The van der Waals surface area contributed by atoms with Crippen LogP contribution in [-0.4, -0.2) is 10.3 Å². The molecule has 1 unspecified atom stereocenters. The molecule has 1 aliphatic rings.